The molecule has 12 heavy (non-hydrogen) atoms. The Bertz CT molecular complexity index is 186. The smallest absolute Gasteiger partial charge is 0.309 e. The van der Waals surface area contributed by atoms with Crippen molar-refractivity contribution in [3.8, 4) is 0 Å². The third-order valence-electron chi connectivity index (χ3n) is 2.02. The van der Waals surface area contributed by atoms with Crippen LogP contribution in [0.4, 0.5) is 0 Å². The van der Waals surface area contributed by atoms with E-state index in [-0.39, 0.29) is 24.6 Å². The van der Waals surface area contributed by atoms with Crippen molar-refractivity contribution in [2.24, 2.45) is 5.92 Å². The van der Waals surface area contributed by atoms with Gasteiger partial charge in [0.05, 0.1) is 12.5 Å². The maximum absolute atomic E-state index is 11.1. The van der Waals surface area contributed by atoms with Gasteiger partial charge in [-0.2, -0.15) is 0 Å². The number of rotatable bonds is 3. The minimum Gasteiger partial charge on any atom is -0.460 e. The van der Waals surface area contributed by atoms with Crippen molar-refractivity contribution in [3.05, 3.63) is 12.2 Å². The van der Waals surface area contributed by atoms with E-state index in [9.17, 15) is 4.79 Å². The SMILES string of the molecule is C/C=C/CC1CC(CO)OC1=O. The lowest BCUT2D eigenvalue weighted by Crippen LogP contribution is -2.10. The third-order valence-corrected chi connectivity index (χ3v) is 2.02. The highest BCUT2D eigenvalue weighted by atomic mass is 16.6. The van der Waals surface area contributed by atoms with E-state index in [0.717, 1.165) is 6.42 Å². The first-order chi connectivity index (χ1) is 5.77. The van der Waals surface area contributed by atoms with Crippen molar-refractivity contribution < 1.29 is 14.6 Å². The van der Waals surface area contributed by atoms with Gasteiger partial charge in [-0.15, -0.1) is 0 Å². The fourth-order valence-electron chi connectivity index (χ4n) is 1.33. The van der Waals surface area contributed by atoms with E-state index in [1.165, 1.54) is 0 Å². The molecular weight excluding hydrogens is 156 g/mol. The van der Waals surface area contributed by atoms with E-state index in [1.54, 1.807) is 0 Å². The highest BCUT2D eigenvalue weighted by Gasteiger charge is 2.32. The second-order valence-corrected chi connectivity index (χ2v) is 2.98. The molecule has 0 aliphatic carbocycles. The molecule has 1 heterocycles. The van der Waals surface area contributed by atoms with Crippen LogP contribution in [-0.4, -0.2) is 23.8 Å². The number of ether oxygens (including phenoxy) is 1. The zero-order valence-corrected chi connectivity index (χ0v) is 7.19. The maximum atomic E-state index is 11.1. The fraction of sp³-hybridized carbons (Fsp3) is 0.667. The topological polar surface area (TPSA) is 46.5 Å². The number of hydrogen-bond donors (Lipinski definition) is 1. The molecule has 0 aromatic heterocycles. The summed E-state index contributed by atoms with van der Waals surface area (Å²) in [5, 5.41) is 8.73. The standard InChI is InChI=1S/C9H14O3/c1-2-3-4-7-5-8(6-10)12-9(7)11/h2-3,7-8,10H,4-6H2,1H3/b3-2+. The van der Waals surface area contributed by atoms with Gasteiger partial charge in [-0.05, 0) is 13.3 Å². The van der Waals surface area contributed by atoms with Crippen LogP contribution >= 0.6 is 0 Å². The largest absolute Gasteiger partial charge is 0.460 e. The van der Waals surface area contributed by atoms with Gasteiger partial charge < -0.3 is 9.84 Å². The summed E-state index contributed by atoms with van der Waals surface area (Å²) >= 11 is 0. The van der Waals surface area contributed by atoms with Crippen LogP contribution in [-0.2, 0) is 9.53 Å². The van der Waals surface area contributed by atoms with Gasteiger partial charge in [0, 0.05) is 6.42 Å². The van der Waals surface area contributed by atoms with Gasteiger partial charge >= 0.3 is 5.97 Å². The van der Waals surface area contributed by atoms with Crippen LogP contribution in [0.1, 0.15) is 19.8 Å². The van der Waals surface area contributed by atoms with Crippen molar-refractivity contribution in [1.29, 1.82) is 0 Å². The number of esters is 1. The average Bonchev–Trinajstić information content (AvgIpc) is 2.43. The molecule has 0 saturated carbocycles. The number of aliphatic hydroxyl groups excluding tert-OH is 1. The number of hydrogen-bond acceptors (Lipinski definition) is 3. The molecule has 0 aromatic carbocycles. The van der Waals surface area contributed by atoms with Crippen LogP contribution in [0, 0.1) is 5.92 Å². The van der Waals surface area contributed by atoms with Crippen molar-refractivity contribution in [2.45, 2.75) is 25.9 Å². The highest BCUT2D eigenvalue weighted by Crippen LogP contribution is 2.23. The Kier molecular flexibility index (Phi) is 3.29. The molecule has 1 N–H and O–H groups in total. The summed E-state index contributed by atoms with van der Waals surface area (Å²) < 4.78 is 4.90. The molecular formula is C9H14O3. The van der Waals surface area contributed by atoms with Crippen molar-refractivity contribution >= 4 is 5.97 Å². The molecule has 2 unspecified atom stereocenters. The summed E-state index contributed by atoms with van der Waals surface area (Å²) in [7, 11) is 0. The summed E-state index contributed by atoms with van der Waals surface area (Å²) in [5.41, 5.74) is 0. The second-order valence-electron chi connectivity index (χ2n) is 2.98. The van der Waals surface area contributed by atoms with E-state index >= 15 is 0 Å². The summed E-state index contributed by atoms with van der Waals surface area (Å²) in [5.74, 6) is -0.217. The molecule has 1 aliphatic heterocycles. The molecule has 2 atom stereocenters. The lowest BCUT2D eigenvalue weighted by atomic mass is 10.0. The number of aliphatic hydroxyl groups is 1. The minimum absolute atomic E-state index is 0.0432. The van der Waals surface area contributed by atoms with Crippen LogP contribution in [0.15, 0.2) is 12.2 Å². The van der Waals surface area contributed by atoms with Crippen LogP contribution in [0.3, 0.4) is 0 Å². The van der Waals surface area contributed by atoms with E-state index in [2.05, 4.69) is 0 Å². The molecule has 1 aliphatic rings. The molecule has 3 nitrogen and oxygen atoms in total. The third kappa shape index (κ3) is 2.08. The van der Waals surface area contributed by atoms with Gasteiger partial charge in [0.2, 0.25) is 0 Å². The van der Waals surface area contributed by atoms with Gasteiger partial charge in [-0.1, -0.05) is 12.2 Å². The summed E-state index contributed by atoms with van der Waals surface area (Å²) in [6.07, 6.45) is 4.98. The van der Waals surface area contributed by atoms with Crippen molar-refractivity contribution in [1.82, 2.24) is 0 Å². The Balaban J connectivity index is 2.41. The summed E-state index contributed by atoms with van der Waals surface area (Å²) in [6.45, 7) is 1.86. The number of allylic oxidation sites excluding steroid dienone is 2. The van der Waals surface area contributed by atoms with Crippen LogP contribution < -0.4 is 0 Å². The van der Waals surface area contributed by atoms with Crippen LogP contribution in [0.25, 0.3) is 0 Å². The Morgan fingerprint density at radius 2 is 2.50 bits per heavy atom. The highest BCUT2D eigenvalue weighted by molar-refractivity contribution is 5.74. The van der Waals surface area contributed by atoms with Gasteiger partial charge in [-0.3, -0.25) is 4.79 Å². The monoisotopic (exact) mass is 170 g/mol. The van der Waals surface area contributed by atoms with Gasteiger partial charge in [0.15, 0.2) is 0 Å². The normalized spacial score (nSPS) is 29.7. The van der Waals surface area contributed by atoms with Crippen molar-refractivity contribution in [2.75, 3.05) is 6.61 Å². The molecule has 1 saturated heterocycles. The second kappa shape index (κ2) is 4.26. The lowest BCUT2D eigenvalue weighted by molar-refractivity contribution is -0.145. The Hall–Kier alpha value is -0.830. The molecule has 0 bridgehead atoms. The van der Waals surface area contributed by atoms with E-state index in [0.29, 0.717) is 6.42 Å². The zero-order valence-electron chi connectivity index (χ0n) is 7.19. The Morgan fingerprint density at radius 3 is 3.00 bits per heavy atom. The summed E-state index contributed by atoms with van der Waals surface area (Å²) in [4.78, 5) is 11.1. The summed E-state index contributed by atoms with van der Waals surface area (Å²) in [6, 6.07) is 0. The van der Waals surface area contributed by atoms with E-state index < -0.39 is 0 Å². The quantitative estimate of drug-likeness (QED) is 0.505. The lowest BCUT2D eigenvalue weighted by Gasteiger charge is -2.01. The van der Waals surface area contributed by atoms with E-state index in [1.807, 2.05) is 19.1 Å². The fourth-order valence-corrected chi connectivity index (χ4v) is 1.33. The minimum atomic E-state index is -0.271. The Labute approximate surface area is 72.0 Å². The first-order valence-electron chi connectivity index (χ1n) is 4.20. The molecule has 68 valence electrons. The maximum Gasteiger partial charge on any atom is 0.309 e. The average molecular weight is 170 g/mol. The first-order valence-corrected chi connectivity index (χ1v) is 4.20. The predicted molar refractivity (Wildman–Crippen MR) is 44.5 cm³/mol. The molecule has 3 heteroatoms. The number of carbonyl (C=O) groups excluding carboxylic acids is 1. The van der Waals surface area contributed by atoms with Gasteiger partial charge in [-0.25, -0.2) is 0 Å². The molecule has 0 radical (unpaired) electrons. The zero-order chi connectivity index (χ0) is 8.97. The molecule has 1 fully saturated rings. The van der Waals surface area contributed by atoms with Gasteiger partial charge in [0.1, 0.15) is 6.10 Å². The van der Waals surface area contributed by atoms with Crippen molar-refractivity contribution in [3.63, 3.8) is 0 Å². The first kappa shape index (κ1) is 9.26. The van der Waals surface area contributed by atoms with Crippen LogP contribution in [0.2, 0.25) is 0 Å². The van der Waals surface area contributed by atoms with Crippen LogP contribution in [0.5, 0.6) is 0 Å². The molecule has 0 amide bonds. The Morgan fingerprint density at radius 1 is 1.75 bits per heavy atom. The predicted octanol–water partition coefficient (Wildman–Crippen LogP) is 0.877. The molecule has 0 aromatic rings. The van der Waals surface area contributed by atoms with E-state index in [4.69, 9.17) is 9.84 Å². The van der Waals surface area contributed by atoms with Gasteiger partial charge in [0.25, 0.3) is 0 Å². The number of carbonyl (C=O) groups is 1. The number of cyclic esters (lactones) is 1. The molecule has 0 spiro atoms. The molecule has 1 rings (SSSR count).